The maximum absolute atomic E-state index is 13.6. The van der Waals surface area contributed by atoms with Crippen LogP contribution in [-0.4, -0.2) is 20.4 Å². The number of fused-ring (bicyclic) bond motifs is 1. The van der Waals surface area contributed by atoms with E-state index in [1.165, 1.54) is 24.3 Å². The van der Waals surface area contributed by atoms with Gasteiger partial charge < -0.3 is 14.9 Å². The van der Waals surface area contributed by atoms with Crippen LogP contribution in [0.4, 0.5) is 4.39 Å². The van der Waals surface area contributed by atoms with Gasteiger partial charge in [0.2, 0.25) is 5.56 Å². The van der Waals surface area contributed by atoms with Gasteiger partial charge in [-0.15, -0.1) is 0 Å². The summed E-state index contributed by atoms with van der Waals surface area (Å²) in [4.78, 5) is 31.6. The van der Waals surface area contributed by atoms with Crippen molar-refractivity contribution in [3.05, 3.63) is 64.2 Å². The number of aryl methyl sites for hydroxylation is 1. The van der Waals surface area contributed by atoms with E-state index in [1.54, 1.807) is 12.4 Å². The molecule has 0 aliphatic heterocycles. The maximum atomic E-state index is 13.6. The Hall–Kier alpha value is -2.96. The average molecular weight is 342 g/mol. The van der Waals surface area contributed by atoms with Gasteiger partial charge in [-0.25, -0.2) is 9.37 Å². The molecule has 1 amide bonds. The largest absolute Gasteiger partial charge is 0.342 e. The number of benzene rings is 1. The van der Waals surface area contributed by atoms with Gasteiger partial charge in [0.1, 0.15) is 11.6 Å². The number of rotatable bonds is 4. The quantitative estimate of drug-likeness (QED) is 0.765. The Kier molecular flexibility index (Phi) is 4.39. The number of nitrogens with one attached hydrogen (secondary N) is 2. The molecule has 3 aromatic rings. The third-order valence-electron chi connectivity index (χ3n) is 4.14. The van der Waals surface area contributed by atoms with Crippen LogP contribution in [0.5, 0.6) is 0 Å². The van der Waals surface area contributed by atoms with Crippen molar-refractivity contribution in [1.29, 1.82) is 0 Å². The molecule has 6 nitrogen and oxygen atoms in total. The van der Waals surface area contributed by atoms with E-state index in [2.05, 4.69) is 15.3 Å². The Labute approximate surface area is 143 Å². The summed E-state index contributed by atoms with van der Waals surface area (Å²) in [6.07, 6.45) is 3.46. The third kappa shape index (κ3) is 3.31. The minimum Gasteiger partial charge on any atom is -0.342 e. The van der Waals surface area contributed by atoms with Gasteiger partial charge in [-0.05, 0) is 24.1 Å². The first-order valence-corrected chi connectivity index (χ1v) is 7.97. The highest BCUT2D eigenvalue weighted by molar-refractivity contribution is 6.06. The van der Waals surface area contributed by atoms with Crippen LogP contribution in [0.15, 0.2) is 41.5 Å². The molecule has 2 N–H and O–H groups in total. The summed E-state index contributed by atoms with van der Waals surface area (Å²) in [6.45, 7) is 3.93. The fourth-order valence-electron chi connectivity index (χ4n) is 2.84. The molecule has 0 fully saturated rings. The summed E-state index contributed by atoms with van der Waals surface area (Å²) in [5.74, 6) is -0.125. The standard InChI is InChI=1S/C18H19FN4O2/c1-10(2)16(17-20-6-7-23(17)3)22-18(25)13-9-15(24)21-14-5-4-11(19)8-12(13)14/h4-10,16H,1-3H3,(H,21,24)(H,22,25). The van der Waals surface area contributed by atoms with Crippen LogP contribution >= 0.6 is 0 Å². The normalized spacial score (nSPS) is 12.5. The molecule has 130 valence electrons. The summed E-state index contributed by atoms with van der Waals surface area (Å²) in [6, 6.07) is 4.78. The lowest BCUT2D eigenvalue weighted by Crippen LogP contribution is -2.34. The molecule has 0 saturated carbocycles. The lowest BCUT2D eigenvalue weighted by atomic mass is 10.0. The highest BCUT2D eigenvalue weighted by atomic mass is 19.1. The number of aromatic nitrogens is 3. The van der Waals surface area contributed by atoms with E-state index in [9.17, 15) is 14.0 Å². The second-order valence-electron chi connectivity index (χ2n) is 6.33. The molecule has 0 aliphatic carbocycles. The van der Waals surface area contributed by atoms with Crippen molar-refractivity contribution >= 4 is 16.8 Å². The van der Waals surface area contributed by atoms with Crippen LogP contribution in [0.3, 0.4) is 0 Å². The molecule has 1 aromatic carbocycles. The molecule has 2 aromatic heterocycles. The van der Waals surface area contributed by atoms with E-state index < -0.39 is 17.3 Å². The first-order chi connectivity index (χ1) is 11.9. The fourth-order valence-corrected chi connectivity index (χ4v) is 2.84. The molecule has 25 heavy (non-hydrogen) atoms. The van der Waals surface area contributed by atoms with Crippen molar-refractivity contribution in [2.45, 2.75) is 19.9 Å². The summed E-state index contributed by atoms with van der Waals surface area (Å²) >= 11 is 0. The van der Waals surface area contributed by atoms with Crippen LogP contribution in [0.2, 0.25) is 0 Å². The van der Waals surface area contributed by atoms with Gasteiger partial charge in [-0.2, -0.15) is 0 Å². The number of aromatic amines is 1. The first-order valence-electron chi connectivity index (χ1n) is 7.97. The fraction of sp³-hybridized carbons (Fsp3) is 0.278. The number of pyridine rings is 1. The predicted octanol–water partition coefficient (Wildman–Crippen LogP) is 2.53. The van der Waals surface area contributed by atoms with E-state index in [0.717, 1.165) is 0 Å². The minimum absolute atomic E-state index is 0.0787. The molecule has 2 heterocycles. The first kappa shape index (κ1) is 16.9. The second kappa shape index (κ2) is 6.51. The van der Waals surface area contributed by atoms with E-state index in [4.69, 9.17) is 0 Å². The number of carbonyl (C=O) groups excluding carboxylic acids is 1. The Morgan fingerprint density at radius 1 is 1.32 bits per heavy atom. The molecular formula is C18H19FN4O2. The summed E-state index contributed by atoms with van der Waals surface area (Å²) in [5, 5.41) is 3.28. The molecular weight excluding hydrogens is 323 g/mol. The minimum atomic E-state index is -0.474. The van der Waals surface area contributed by atoms with Crippen molar-refractivity contribution < 1.29 is 9.18 Å². The molecule has 7 heteroatoms. The highest BCUT2D eigenvalue weighted by Gasteiger charge is 2.23. The number of hydrogen-bond donors (Lipinski definition) is 2. The number of nitrogens with zero attached hydrogens (tertiary/aromatic N) is 2. The molecule has 0 spiro atoms. The lowest BCUT2D eigenvalue weighted by Gasteiger charge is -2.22. The van der Waals surface area contributed by atoms with Gasteiger partial charge in [0.05, 0.1) is 11.6 Å². The number of halogens is 1. The van der Waals surface area contributed by atoms with Crippen LogP contribution in [0.25, 0.3) is 10.9 Å². The van der Waals surface area contributed by atoms with E-state index in [1.807, 2.05) is 25.5 Å². The summed E-state index contributed by atoms with van der Waals surface area (Å²) < 4.78 is 15.4. The third-order valence-corrected chi connectivity index (χ3v) is 4.14. The van der Waals surface area contributed by atoms with Crippen molar-refractivity contribution in [2.24, 2.45) is 13.0 Å². The molecule has 0 radical (unpaired) electrons. The zero-order valence-electron chi connectivity index (χ0n) is 14.2. The van der Waals surface area contributed by atoms with E-state index >= 15 is 0 Å². The average Bonchev–Trinajstić information content (AvgIpc) is 2.97. The summed E-state index contributed by atoms with van der Waals surface area (Å²) in [7, 11) is 1.85. The Morgan fingerprint density at radius 2 is 2.08 bits per heavy atom. The second-order valence-corrected chi connectivity index (χ2v) is 6.33. The summed E-state index contributed by atoms with van der Waals surface area (Å²) in [5.41, 5.74) is 0.137. The Balaban J connectivity index is 2.03. The topological polar surface area (TPSA) is 79.8 Å². The zero-order valence-corrected chi connectivity index (χ0v) is 14.2. The Bertz CT molecular complexity index is 990. The van der Waals surface area contributed by atoms with E-state index in [0.29, 0.717) is 16.7 Å². The van der Waals surface area contributed by atoms with Crippen LogP contribution in [-0.2, 0) is 7.05 Å². The van der Waals surface area contributed by atoms with Crippen molar-refractivity contribution in [2.75, 3.05) is 0 Å². The van der Waals surface area contributed by atoms with Crippen LogP contribution in [0.1, 0.15) is 36.1 Å². The van der Waals surface area contributed by atoms with E-state index in [-0.39, 0.29) is 17.5 Å². The molecule has 1 unspecified atom stereocenters. The van der Waals surface area contributed by atoms with Gasteiger partial charge in [-0.3, -0.25) is 9.59 Å². The Morgan fingerprint density at radius 3 is 2.72 bits per heavy atom. The molecule has 3 rings (SSSR count). The number of imidazole rings is 1. The van der Waals surface area contributed by atoms with Gasteiger partial charge in [0, 0.05) is 36.4 Å². The van der Waals surface area contributed by atoms with Crippen molar-refractivity contribution in [3.63, 3.8) is 0 Å². The monoisotopic (exact) mass is 342 g/mol. The SMILES string of the molecule is CC(C)C(NC(=O)c1cc(=O)[nH]c2ccc(F)cc12)c1nccn1C. The number of H-pyrrole nitrogens is 1. The highest BCUT2D eigenvalue weighted by Crippen LogP contribution is 2.22. The lowest BCUT2D eigenvalue weighted by molar-refractivity contribution is 0.0924. The molecule has 0 saturated heterocycles. The van der Waals surface area contributed by atoms with Gasteiger partial charge in [-0.1, -0.05) is 13.8 Å². The van der Waals surface area contributed by atoms with Crippen LogP contribution < -0.4 is 10.9 Å². The van der Waals surface area contributed by atoms with Gasteiger partial charge in [0.15, 0.2) is 0 Å². The molecule has 0 aliphatic rings. The van der Waals surface area contributed by atoms with Crippen molar-refractivity contribution in [1.82, 2.24) is 19.9 Å². The predicted molar refractivity (Wildman–Crippen MR) is 92.8 cm³/mol. The number of amides is 1. The molecule has 0 bridgehead atoms. The van der Waals surface area contributed by atoms with Crippen molar-refractivity contribution in [3.8, 4) is 0 Å². The number of hydrogen-bond acceptors (Lipinski definition) is 3. The van der Waals surface area contributed by atoms with Gasteiger partial charge >= 0.3 is 0 Å². The maximum Gasteiger partial charge on any atom is 0.252 e. The zero-order chi connectivity index (χ0) is 18.1. The van der Waals surface area contributed by atoms with Crippen LogP contribution in [0, 0.1) is 11.7 Å². The van der Waals surface area contributed by atoms with Gasteiger partial charge in [0.25, 0.3) is 5.91 Å². The molecule has 1 atom stereocenters. The smallest absolute Gasteiger partial charge is 0.252 e. The number of carbonyl (C=O) groups is 1.